The number of nitrogens with one attached hydrogen (secondary N) is 1. The average Bonchev–Trinajstić information content (AvgIpc) is 3.04. The highest BCUT2D eigenvalue weighted by molar-refractivity contribution is 8.00. The average molecular weight is 395 g/mol. The second-order valence-electron chi connectivity index (χ2n) is 7.48. The van der Waals surface area contributed by atoms with Crippen molar-refractivity contribution < 1.29 is 14.0 Å². The number of carbonyl (C=O) groups is 2. The SMILES string of the molecule is CCCCCCNC(=O)C1CSC(CC(C)C)N1C(=O)c1ccccc1F. The van der Waals surface area contributed by atoms with Gasteiger partial charge in [0.1, 0.15) is 11.9 Å². The molecule has 6 heteroatoms. The lowest BCUT2D eigenvalue weighted by atomic mass is 10.1. The number of benzene rings is 1. The van der Waals surface area contributed by atoms with Crippen LogP contribution in [-0.2, 0) is 4.79 Å². The minimum atomic E-state index is -0.544. The Labute approximate surface area is 166 Å². The Bertz CT molecular complexity index is 638. The van der Waals surface area contributed by atoms with Crippen LogP contribution in [0.5, 0.6) is 0 Å². The quantitative estimate of drug-likeness (QED) is 0.630. The van der Waals surface area contributed by atoms with Gasteiger partial charge in [-0.15, -0.1) is 11.8 Å². The van der Waals surface area contributed by atoms with E-state index in [1.54, 1.807) is 28.8 Å². The second-order valence-corrected chi connectivity index (χ2v) is 8.69. The second kappa shape index (κ2) is 10.7. The smallest absolute Gasteiger partial charge is 0.258 e. The van der Waals surface area contributed by atoms with Crippen LogP contribution in [0.1, 0.15) is 63.2 Å². The molecule has 1 fully saturated rings. The van der Waals surface area contributed by atoms with Gasteiger partial charge in [-0.3, -0.25) is 9.59 Å². The molecule has 4 nitrogen and oxygen atoms in total. The molecule has 2 rings (SSSR count). The van der Waals surface area contributed by atoms with Crippen LogP contribution in [0.3, 0.4) is 0 Å². The van der Waals surface area contributed by atoms with Crippen molar-refractivity contribution in [2.45, 2.75) is 64.3 Å². The van der Waals surface area contributed by atoms with E-state index in [0.717, 1.165) is 32.1 Å². The van der Waals surface area contributed by atoms with Gasteiger partial charge >= 0.3 is 0 Å². The highest BCUT2D eigenvalue weighted by Gasteiger charge is 2.42. The summed E-state index contributed by atoms with van der Waals surface area (Å²) in [6, 6.07) is 5.46. The normalized spacial score (nSPS) is 19.5. The summed E-state index contributed by atoms with van der Waals surface area (Å²) in [6.45, 7) is 6.95. The lowest BCUT2D eigenvalue weighted by Crippen LogP contribution is -2.50. The first-order valence-corrected chi connectivity index (χ1v) is 11.0. The van der Waals surface area contributed by atoms with Crippen LogP contribution in [0.2, 0.25) is 0 Å². The van der Waals surface area contributed by atoms with Gasteiger partial charge in [-0.2, -0.15) is 0 Å². The first-order chi connectivity index (χ1) is 13.0. The van der Waals surface area contributed by atoms with E-state index in [0.29, 0.717) is 18.2 Å². The van der Waals surface area contributed by atoms with Crippen LogP contribution in [0, 0.1) is 11.7 Å². The fourth-order valence-corrected chi connectivity index (χ4v) is 4.92. The molecule has 1 aliphatic heterocycles. The third-order valence-electron chi connectivity index (χ3n) is 4.74. The molecule has 1 aromatic rings. The number of amides is 2. The zero-order valence-corrected chi connectivity index (χ0v) is 17.4. The summed E-state index contributed by atoms with van der Waals surface area (Å²) in [7, 11) is 0. The van der Waals surface area contributed by atoms with Gasteiger partial charge in [0.05, 0.1) is 10.9 Å². The summed E-state index contributed by atoms with van der Waals surface area (Å²) in [4.78, 5) is 27.4. The van der Waals surface area contributed by atoms with E-state index in [2.05, 4.69) is 26.1 Å². The molecule has 0 aromatic heterocycles. The minimum absolute atomic E-state index is 0.0366. The summed E-state index contributed by atoms with van der Waals surface area (Å²) < 4.78 is 14.2. The summed E-state index contributed by atoms with van der Waals surface area (Å²) in [6.07, 6.45) is 5.11. The molecule has 2 atom stereocenters. The molecule has 1 N–H and O–H groups in total. The Morgan fingerprint density at radius 1 is 1.26 bits per heavy atom. The summed E-state index contributed by atoms with van der Waals surface area (Å²) in [5, 5.41) is 2.86. The Balaban J connectivity index is 2.11. The Hall–Kier alpha value is -1.56. The van der Waals surface area contributed by atoms with Gasteiger partial charge in [0.15, 0.2) is 0 Å². The molecule has 1 aromatic carbocycles. The fourth-order valence-electron chi connectivity index (χ4n) is 3.28. The van der Waals surface area contributed by atoms with Crippen LogP contribution in [0.15, 0.2) is 24.3 Å². The van der Waals surface area contributed by atoms with Gasteiger partial charge in [-0.1, -0.05) is 52.2 Å². The van der Waals surface area contributed by atoms with Gasteiger partial charge < -0.3 is 10.2 Å². The molecule has 2 unspecified atom stereocenters. The standard InChI is InChI=1S/C21H31FN2O2S/c1-4-5-6-9-12-23-20(25)18-14-27-19(13-15(2)3)24(18)21(26)16-10-7-8-11-17(16)22/h7-8,10-11,15,18-19H,4-6,9,12-14H2,1-3H3,(H,23,25). The van der Waals surface area contributed by atoms with Gasteiger partial charge in [-0.05, 0) is 30.9 Å². The van der Waals surface area contributed by atoms with E-state index < -0.39 is 17.8 Å². The lowest BCUT2D eigenvalue weighted by molar-refractivity contribution is -0.124. The maximum Gasteiger partial charge on any atom is 0.258 e. The van der Waals surface area contributed by atoms with Gasteiger partial charge in [0, 0.05) is 12.3 Å². The third kappa shape index (κ3) is 5.96. The molecule has 0 bridgehead atoms. The first kappa shape index (κ1) is 21.7. The summed E-state index contributed by atoms with van der Waals surface area (Å²) in [5.41, 5.74) is 0.0366. The van der Waals surface area contributed by atoms with Gasteiger partial charge in [0.2, 0.25) is 5.91 Å². The van der Waals surface area contributed by atoms with Crippen LogP contribution < -0.4 is 5.32 Å². The molecule has 150 valence electrons. The Kier molecular flexibility index (Phi) is 8.61. The first-order valence-electron chi connectivity index (χ1n) is 9.92. The molecule has 1 saturated heterocycles. The number of nitrogens with zero attached hydrogens (tertiary/aromatic N) is 1. The lowest BCUT2D eigenvalue weighted by Gasteiger charge is -2.30. The van der Waals surface area contributed by atoms with Gasteiger partial charge in [0.25, 0.3) is 5.91 Å². The molecule has 1 aliphatic rings. The van der Waals surface area contributed by atoms with Crippen LogP contribution in [0.4, 0.5) is 4.39 Å². The molecular formula is C21H31FN2O2S. The molecule has 27 heavy (non-hydrogen) atoms. The van der Waals surface area contributed by atoms with Crippen molar-refractivity contribution in [3.63, 3.8) is 0 Å². The maximum absolute atomic E-state index is 14.2. The van der Waals surface area contributed by atoms with Crippen molar-refractivity contribution in [2.24, 2.45) is 5.92 Å². The maximum atomic E-state index is 14.2. The fraction of sp³-hybridized carbons (Fsp3) is 0.619. The molecule has 0 aliphatic carbocycles. The number of rotatable bonds is 9. The summed E-state index contributed by atoms with van der Waals surface area (Å²) in [5.74, 6) is -0.126. The van der Waals surface area contributed by atoms with Crippen molar-refractivity contribution in [1.29, 1.82) is 0 Å². The van der Waals surface area contributed by atoms with Gasteiger partial charge in [-0.25, -0.2) is 4.39 Å². The summed E-state index contributed by atoms with van der Waals surface area (Å²) >= 11 is 1.61. The van der Waals surface area contributed by atoms with Crippen LogP contribution in [-0.4, -0.2) is 40.4 Å². The number of halogens is 1. The van der Waals surface area contributed by atoms with Crippen LogP contribution >= 0.6 is 11.8 Å². The predicted octanol–water partition coefficient (Wildman–Crippen LogP) is 4.45. The van der Waals surface area contributed by atoms with E-state index in [1.165, 1.54) is 12.1 Å². The highest BCUT2D eigenvalue weighted by atomic mass is 32.2. The number of unbranched alkanes of at least 4 members (excludes halogenated alkanes) is 3. The molecular weight excluding hydrogens is 363 g/mol. The third-order valence-corrected chi connectivity index (χ3v) is 6.05. The van der Waals surface area contributed by atoms with Crippen molar-refractivity contribution in [3.8, 4) is 0 Å². The number of hydrogen-bond donors (Lipinski definition) is 1. The van der Waals surface area contributed by atoms with E-state index in [9.17, 15) is 14.0 Å². The molecule has 0 spiro atoms. The van der Waals surface area contributed by atoms with Crippen molar-refractivity contribution in [1.82, 2.24) is 10.2 Å². The molecule has 0 radical (unpaired) electrons. The van der Waals surface area contributed by atoms with E-state index in [1.807, 2.05) is 0 Å². The number of carbonyl (C=O) groups excluding carboxylic acids is 2. The number of hydrogen-bond acceptors (Lipinski definition) is 3. The van der Waals surface area contributed by atoms with E-state index in [-0.39, 0.29) is 16.8 Å². The number of thioether (sulfide) groups is 1. The Morgan fingerprint density at radius 3 is 2.67 bits per heavy atom. The van der Waals surface area contributed by atoms with Crippen molar-refractivity contribution >= 4 is 23.6 Å². The van der Waals surface area contributed by atoms with Crippen molar-refractivity contribution in [3.05, 3.63) is 35.6 Å². The largest absolute Gasteiger partial charge is 0.354 e. The highest BCUT2D eigenvalue weighted by Crippen LogP contribution is 2.35. The molecule has 0 saturated carbocycles. The van der Waals surface area contributed by atoms with Crippen LogP contribution in [0.25, 0.3) is 0 Å². The predicted molar refractivity (Wildman–Crippen MR) is 109 cm³/mol. The van der Waals surface area contributed by atoms with E-state index in [4.69, 9.17) is 0 Å². The van der Waals surface area contributed by atoms with Crippen molar-refractivity contribution in [2.75, 3.05) is 12.3 Å². The zero-order valence-electron chi connectivity index (χ0n) is 16.5. The monoisotopic (exact) mass is 394 g/mol. The Morgan fingerprint density at radius 2 is 2.00 bits per heavy atom. The van der Waals surface area contributed by atoms with E-state index >= 15 is 0 Å². The topological polar surface area (TPSA) is 49.4 Å². The minimum Gasteiger partial charge on any atom is -0.354 e. The molecule has 2 amide bonds. The molecule has 1 heterocycles. The zero-order chi connectivity index (χ0) is 19.8.